The van der Waals surface area contributed by atoms with Gasteiger partial charge in [-0.2, -0.15) is 0 Å². The highest BCUT2D eigenvalue weighted by Crippen LogP contribution is 2.14. The second kappa shape index (κ2) is 8.70. The molecule has 114 valence electrons. The van der Waals surface area contributed by atoms with Gasteiger partial charge >= 0.3 is 12.0 Å². The van der Waals surface area contributed by atoms with Crippen molar-refractivity contribution in [1.29, 1.82) is 0 Å². The van der Waals surface area contributed by atoms with Crippen LogP contribution in [0.15, 0.2) is 30.9 Å². The van der Waals surface area contributed by atoms with E-state index < -0.39 is 23.4 Å². The molecule has 0 radical (unpaired) electrons. The first-order chi connectivity index (χ1) is 10.0. The van der Waals surface area contributed by atoms with Crippen molar-refractivity contribution >= 4 is 17.7 Å². The number of carboxylic acids is 1. The van der Waals surface area contributed by atoms with Gasteiger partial charge in [0.05, 0.1) is 18.8 Å². The van der Waals surface area contributed by atoms with E-state index in [-0.39, 0.29) is 5.69 Å². The second-order valence-corrected chi connectivity index (χ2v) is 4.07. The summed E-state index contributed by atoms with van der Waals surface area (Å²) in [6.45, 7) is 4.74. The number of hydrogen-bond acceptors (Lipinski definition) is 3. The van der Waals surface area contributed by atoms with Crippen LogP contribution >= 0.6 is 0 Å². The van der Waals surface area contributed by atoms with Crippen molar-refractivity contribution in [1.82, 2.24) is 5.32 Å². The zero-order valence-electron chi connectivity index (χ0n) is 11.4. The van der Waals surface area contributed by atoms with Crippen LogP contribution in [-0.2, 0) is 4.74 Å². The van der Waals surface area contributed by atoms with Crippen molar-refractivity contribution in [2.24, 2.45) is 0 Å². The molecule has 6 nitrogen and oxygen atoms in total. The van der Waals surface area contributed by atoms with Gasteiger partial charge in [0.1, 0.15) is 5.82 Å². The number of urea groups is 1. The Morgan fingerprint density at radius 3 is 2.81 bits per heavy atom. The topological polar surface area (TPSA) is 87.7 Å². The Bertz CT molecular complexity index is 520. The van der Waals surface area contributed by atoms with Crippen LogP contribution in [0.4, 0.5) is 14.9 Å². The number of carbonyl (C=O) groups excluding carboxylic acids is 1. The highest BCUT2D eigenvalue weighted by atomic mass is 19.1. The monoisotopic (exact) mass is 296 g/mol. The molecule has 0 aliphatic heterocycles. The largest absolute Gasteiger partial charge is 0.478 e. The van der Waals surface area contributed by atoms with Crippen molar-refractivity contribution < 1.29 is 23.8 Å². The number of ether oxygens (including phenoxy) is 1. The first kappa shape index (κ1) is 16.6. The number of carbonyl (C=O) groups is 2. The molecule has 0 aliphatic rings. The minimum atomic E-state index is -1.40. The molecule has 1 aromatic carbocycles. The third-order valence-electron chi connectivity index (χ3n) is 2.45. The van der Waals surface area contributed by atoms with Crippen LogP contribution in [-0.4, -0.2) is 36.9 Å². The number of rotatable bonds is 8. The van der Waals surface area contributed by atoms with Crippen LogP contribution < -0.4 is 10.6 Å². The molecule has 0 atom stereocenters. The Hall–Kier alpha value is -2.41. The molecule has 0 unspecified atom stereocenters. The molecule has 0 saturated heterocycles. The lowest BCUT2D eigenvalue weighted by atomic mass is 10.2. The zero-order valence-corrected chi connectivity index (χ0v) is 11.4. The third-order valence-corrected chi connectivity index (χ3v) is 2.45. The summed E-state index contributed by atoms with van der Waals surface area (Å²) >= 11 is 0. The van der Waals surface area contributed by atoms with E-state index in [2.05, 4.69) is 17.2 Å². The lowest BCUT2D eigenvalue weighted by molar-refractivity contribution is 0.0692. The van der Waals surface area contributed by atoms with Crippen LogP contribution in [0.3, 0.4) is 0 Å². The van der Waals surface area contributed by atoms with E-state index in [4.69, 9.17) is 9.84 Å². The normalized spacial score (nSPS) is 9.95. The minimum Gasteiger partial charge on any atom is -0.478 e. The van der Waals surface area contributed by atoms with Gasteiger partial charge in [-0.05, 0) is 24.6 Å². The van der Waals surface area contributed by atoms with E-state index in [1.807, 2.05) is 0 Å². The van der Waals surface area contributed by atoms with Crippen LogP contribution in [0.1, 0.15) is 16.8 Å². The number of aromatic carboxylic acids is 1. The van der Waals surface area contributed by atoms with Gasteiger partial charge in [-0.15, -0.1) is 6.58 Å². The fraction of sp³-hybridized carbons (Fsp3) is 0.286. The van der Waals surface area contributed by atoms with E-state index in [0.29, 0.717) is 19.8 Å². The van der Waals surface area contributed by atoms with E-state index in [0.717, 1.165) is 18.6 Å². The molecule has 0 saturated carbocycles. The maximum atomic E-state index is 13.2. The van der Waals surface area contributed by atoms with E-state index in [1.54, 1.807) is 6.08 Å². The predicted molar refractivity (Wildman–Crippen MR) is 76.0 cm³/mol. The summed E-state index contributed by atoms with van der Waals surface area (Å²) in [6.07, 6.45) is 2.47. The number of hydrogen-bond donors (Lipinski definition) is 3. The van der Waals surface area contributed by atoms with Crippen molar-refractivity contribution in [3.63, 3.8) is 0 Å². The number of halogens is 1. The summed E-state index contributed by atoms with van der Waals surface area (Å²) in [7, 11) is 0. The maximum Gasteiger partial charge on any atom is 0.338 e. The maximum absolute atomic E-state index is 13.2. The van der Waals surface area contributed by atoms with E-state index in [9.17, 15) is 14.0 Å². The molecule has 3 N–H and O–H groups in total. The van der Waals surface area contributed by atoms with Gasteiger partial charge in [-0.1, -0.05) is 6.08 Å². The molecule has 21 heavy (non-hydrogen) atoms. The van der Waals surface area contributed by atoms with Crippen LogP contribution in [0.25, 0.3) is 0 Å². The standard InChI is InChI=1S/C14H17FN2O4/c1-2-3-7-21-8-6-16-14(20)17-10-4-5-12(15)11(9-10)13(18)19/h2,4-5,9H,1,3,6-8H2,(H,18,19)(H2,16,17,20). The number of nitrogens with one attached hydrogen (secondary N) is 2. The summed E-state index contributed by atoms with van der Waals surface area (Å²) in [5.74, 6) is -2.25. The van der Waals surface area contributed by atoms with E-state index in [1.165, 1.54) is 6.07 Å². The average molecular weight is 296 g/mol. The molecular weight excluding hydrogens is 279 g/mol. The summed E-state index contributed by atoms with van der Waals surface area (Å²) in [5, 5.41) is 13.7. The van der Waals surface area contributed by atoms with Crippen molar-refractivity contribution in [2.45, 2.75) is 6.42 Å². The summed E-state index contributed by atoms with van der Waals surface area (Å²) in [5.41, 5.74) is -0.306. The molecule has 0 aliphatic carbocycles. The Labute approximate surface area is 121 Å². The second-order valence-electron chi connectivity index (χ2n) is 4.07. The number of carboxylic acid groups (broad SMARTS) is 1. The highest BCUT2D eigenvalue weighted by Gasteiger charge is 2.11. The van der Waals surface area contributed by atoms with Crippen molar-refractivity contribution in [3.05, 3.63) is 42.2 Å². The smallest absolute Gasteiger partial charge is 0.338 e. The summed E-state index contributed by atoms with van der Waals surface area (Å²) in [4.78, 5) is 22.3. The number of anilines is 1. The van der Waals surface area contributed by atoms with Gasteiger partial charge < -0.3 is 20.5 Å². The van der Waals surface area contributed by atoms with Crippen LogP contribution in [0, 0.1) is 5.82 Å². The molecule has 0 fully saturated rings. The number of benzene rings is 1. The predicted octanol–water partition coefficient (Wildman–Crippen LogP) is 2.24. The fourth-order valence-electron chi connectivity index (χ4n) is 1.45. The molecule has 2 amide bonds. The fourth-order valence-corrected chi connectivity index (χ4v) is 1.45. The van der Waals surface area contributed by atoms with Gasteiger partial charge in [0.2, 0.25) is 0 Å². The molecule has 0 aromatic heterocycles. The molecular formula is C14H17FN2O4. The molecule has 1 aromatic rings. The van der Waals surface area contributed by atoms with Gasteiger partial charge in [-0.25, -0.2) is 14.0 Å². The van der Waals surface area contributed by atoms with E-state index >= 15 is 0 Å². The first-order valence-corrected chi connectivity index (χ1v) is 6.31. The molecule has 0 heterocycles. The van der Waals surface area contributed by atoms with Crippen LogP contribution in [0.2, 0.25) is 0 Å². The summed E-state index contributed by atoms with van der Waals surface area (Å²) < 4.78 is 18.4. The lowest BCUT2D eigenvalue weighted by Gasteiger charge is -2.08. The minimum absolute atomic E-state index is 0.193. The Morgan fingerprint density at radius 1 is 1.38 bits per heavy atom. The molecule has 0 spiro atoms. The highest BCUT2D eigenvalue weighted by molar-refractivity contribution is 5.93. The average Bonchev–Trinajstić information content (AvgIpc) is 2.44. The Morgan fingerprint density at radius 2 is 2.14 bits per heavy atom. The third kappa shape index (κ3) is 6.05. The zero-order chi connectivity index (χ0) is 15.7. The lowest BCUT2D eigenvalue weighted by Crippen LogP contribution is -2.31. The summed E-state index contributed by atoms with van der Waals surface area (Å²) in [6, 6.07) is 2.79. The number of amides is 2. The quantitative estimate of drug-likeness (QED) is 0.507. The van der Waals surface area contributed by atoms with Crippen molar-refractivity contribution in [3.8, 4) is 0 Å². The van der Waals surface area contributed by atoms with Gasteiger partial charge in [0, 0.05) is 12.2 Å². The van der Waals surface area contributed by atoms with Gasteiger partial charge in [-0.3, -0.25) is 0 Å². The van der Waals surface area contributed by atoms with Gasteiger partial charge in [0.15, 0.2) is 0 Å². The Balaban J connectivity index is 2.39. The molecule has 7 heteroatoms. The van der Waals surface area contributed by atoms with Crippen molar-refractivity contribution in [2.75, 3.05) is 25.1 Å². The van der Waals surface area contributed by atoms with Gasteiger partial charge in [0.25, 0.3) is 0 Å². The SMILES string of the molecule is C=CCCOCCNC(=O)Nc1ccc(F)c(C(=O)O)c1. The first-order valence-electron chi connectivity index (χ1n) is 6.31. The Kier molecular flexibility index (Phi) is 6.90. The van der Waals surface area contributed by atoms with Crippen LogP contribution in [0.5, 0.6) is 0 Å². The molecule has 1 rings (SSSR count). The molecule has 0 bridgehead atoms.